The van der Waals surface area contributed by atoms with Crippen LogP contribution in [0, 0.1) is 19.8 Å². The van der Waals surface area contributed by atoms with Crippen LogP contribution in [-0.4, -0.2) is 47.1 Å². The van der Waals surface area contributed by atoms with E-state index in [4.69, 9.17) is 12.2 Å². The van der Waals surface area contributed by atoms with E-state index in [2.05, 4.69) is 61.1 Å². The van der Waals surface area contributed by atoms with Gasteiger partial charge in [0, 0.05) is 30.9 Å². The van der Waals surface area contributed by atoms with Gasteiger partial charge in [-0.1, -0.05) is 37.5 Å². The van der Waals surface area contributed by atoms with E-state index in [1.54, 1.807) is 0 Å². The van der Waals surface area contributed by atoms with Gasteiger partial charge in [-0.15, -0.1) is 0 Å². The molecule has 2 atom stereocenters. The molecule has 0 amide bonds. The number of benzene rings is 1. The van der Waals surface area contributed by atoms with Crippen molar-refractivity contribution in [1.82, 2.24) is 9.80 Å². The Kier molecular flexibility index (Phi) is 6.57. The number of nitrogens with one attached hydrogen (secondary N) is 1. The highest BCUT2D eigenvalue weighted by atomic mass is 32.1. The van der Waals surface area contributed by atoms with Crippen LogP contribution in [0.2, 0.25) is 0 Å². The molecule has 1 aliphatic carbocycles. The van der Waals surface area contributed by atoms with Gasteiger partial charge in [0.05, 0.1) is 0 Å². The summed E-state index contributed by atoms with van der Waals surface area (Å²) in [5.41, 5.74) is 3.68. The Morgan fingerprint density at radius 1 is 1.12 bits per heavy atom. The molecule has 4 heteroatoms. The number of piperidine rings is 1. The van der Waals surface area contributed by atoms with Gasteiger partial charge in [-0.2, -0.15) is 0 Å². The summed E-state index contributed by atoms with van der Waals surface area (Å²) in [5.74, 6) is 0.846. The highest BCUT2D eigenvalue weighted by Crippen LogP contribution is 2.30. The number of hydrogen-bond acceptors (Lipinski definition) is 2. The number of nitrogens with zero attached hydrogens (tertiary/aromatic N) is 2. The number of aryl methyl sites for hydroxylation is 2. The largest absolute Gasteiger partial charge is 0.349 e. The molecule has 0 radical (unpaired) electrons. The number of hydrogen-bond donors (Lipinski definition) is 1. The molecule has 0 unspecified atom stereocenters. The molecule has 1 heterocycles. The molecule has 1 saturated heterocycles. The minimum absolute atomic E-state index is 0.709. The summed E-state index contributed by atoms with van der Waals surface area (Å²) in [6, 6.07) is 7.98. The van der Waals surface area contributed by atoms with Crippen molar-refractivity contribution in [2.75, 3.05) is 25.5 Å². The minimum atomic E-state index is 0.709. The zero-order valence-corrected chi connectivity index (χ0v) is 17.7. The summed E-state index contributed by atoms with van der Waals surface area (Å²) < 4.78 is 0. The Labute approximate surface area is 165 Å². The van der Waals surface area contributed by atoms with Crippen molar-refractivity contribution >= 4 is 23.0 Å². The van der Waals surface area contributed by atoms with E-state index in [-0.39, 0.29) is 0 Å². The van der Waals surface area contributed by atoms with Crippen molar-refractivity contribution in [2.24, 2.45) is 5.92 Å². The second-order valence-electron chi connectivity index (χ2n) is 8.46. The van der Waals surface area contributed by atoms with Crippen molar-refractivity contribution in [3.63, 3.8) is 0 Å². The van der Waals surface area contributed by atoms with Gasteiger partial charge >= 0.3 is 0 Å². The molecule has 0 bridgehead atoms. The first-order chi connectivity index (χ1) is 12.5. The quantitative estimate of drug-likeness (QED) is 0.753. The predicted molar refractivity (Wildman–Crippen MR) is 116 cm³/mol. The number of likely N-dealkylation sites (tertiary alicyclic amines) is 1. The van der Waals surface area contributed by atoms with Crippen LogP contribution >= 0.6 is 12.2 Å². The van der Waals surface area contributed by atoms with Gasteiger partial charge in [0.2, 0.25) is 0 Å². The van der Waals surface area contributed by atoms with Crippen molar-refractivity contribution < 1.29 is 0 Å². The maximum atomic E-state index is 5.70. The Morgan fingerprint density at radius 2 is 1.81 bits per heavy atom. The molecule has 1 N–H and O–H groups in total. The molecule has 3 nitrogen and oxygen atoms in total. The second kappa shape index (κ2) is 8.71. The molecule has 1 aliphatic heterocycles. The third-order valence-electron chi connectivity index (χ3n) is 6.54. The average molecular weight is 374 g/mol. The van der Waals surface area contributed by atoms with Gasteiger partial charge in [-0.25, -0.2) is 0 Å². The lowest BCUT2D eigenvalue weighted by Gasteiger charge is -2.44. The third-order valence-corrected chi connectivity index (χ3v) is 6.90. The van der Waals surface area contributed by atoms with Crippen LogP contribution in [0.5, 0.6) is 0 Å². The first-order valence-corrected chi connectivity index (χ1v) is 10.7. The molecule has 0 spiro atoms. The molecule has 1 aromatic rings. The maximum Gasteiger partial charge on any atom is 0.173 e. The highest BCUT2D eigenvalue weighted by molar-refractivity contribution is 7.80. The van der Waals surface area contributed by atoms with Gasteiger partial charge in [0.15, 0.2) is 5.11 Å². The molecule has 1 aromatic carbocycles. The van der Waals surface area contributed by atoms with Gasteiger partial charge in [0.25, 0.3) is 0 Å². The van der Waals surface area contributed by atoms with Gasteiger partial charge in [-0.3, -0.25) is 0 Å². The molecular weight excluding hydrogens is 338 g/mol. The van der Waals surface area contributed by atoms with E-state index < -0.39 is 0 Å². The lowest BCUT2D eigenvalue weighted by atomic mass is 9.84. The summed E-state index contributed by atoms with van der Waals surface area (Å²) in [4.78, 5) is 5.05. The summed E-state index contributed by atoms with van der Waals surface area (Å²) >= 11 is 5.70. The van der Waals surface area contributed by atoms with Crippen LogP contribution in [0.1, 0.15) is 56.6 Å². The lowest BCUT2D eigenvalue weighted by Crippen LogP contribution is -2.51. The fourth-order valence-electron chi connectivity index (χ4n) is 4.80. The van der Waals surface area contributed by atoms with Crippen LogP contribution in [-0.2, 0) is 0 Å². The van der Waals surface area contributed by atoms with E-state index in [9.17, 15) is 0 Å². The molecule has 0 aromatic heterocycles. The fraction of sp³-hybridized carbons (Fsp3) is 0.682. The zero-order valence-electron chi connectivity index (χ0n) is 16.9. The molecule has 1 saturated carbocycles. The number of rotatable bonds is 3. The van der Waals surface area contributed by atoms with Gasteiger partial charge in [0.1, 0.15) is 0 Å². The van der Waals surface area contributed by atoms with Crippen molar-refractivity contribution in [3.8, 4) is 0 Å². The molecule has 2 fully saturated rings. The molecule has 144 valence electrons. The molecule has 3 rings (SSSR count). The second-order valence-corrected chi connectivity index (χ2v) is 8.85. The standard InChI is InChI=1S/C22H35N3S/c1-16-9-10-20(18(3)15-16)23-22(26)25-13-11-19(12-14-25)24(4)21-8-6-5-7-17(21)2/h9-10,15,17,19,21H,5-8,11-14H2,1-4H3,(H,23,26)/t17-,21-/m0/s1. The highest BCUT2D eigenvalue weighted by Gasteiger charge is 2.31. The topological polar surface area (TPSA) is 18.5 Å². The minimum Gasteiger partial charge on any atom is -0.349 e. The number of thiocarbonyl (C=S) groups is 1. The zero-order chi connectivity index (χ0) is 18.7. The van der Waals surface area contributed by atoms with E-state index in [0.29, 0.717) is 6.04 Å². The monoisotopic (exact) mass is 373 g/mol. The smallest absolute Gasteiger partial charge is 0.173 e. The van der Waals surface area contributed by atoms with Crippen molar-refractivity contribution in [1.29, 1.82) is 0 Å². The molecule has 2 aliphatic rings. The van der Waals surface area contributed by atoms with E-state index in [1.165, 1.54) is 49.7 Å². The van der Waals surface area contributed by atoms with Crippen LogP contribution in [0.15, 0.2) is 18.2 Å². The van der Waals surface area contributed by atoms with Gasteiger partial charge in [-0.05, 0) is 76.3 Å². The summed E-state index contributed by atoms with van der Waals surface area (Å²) in [7, 11) is 2.36. The maximum absolute atomic E-state index is 5.70. The van der Waals surface area contributed by atoms with Crippen LogP contribution in [0.3, 0.4) is 0 Å². The summed E-state index contributed by atoms with van der Waals surface area (Å²) in [5, 5.41) is 4.34. The summed E-state index contributed by atoms with van der Waals surface area (Å²) in [6.45, 7) is 8.84. The van der Waals surface area contributed by atoms with Crippen molar-refractivity contribution in [2.45, 2.75) is 71.4 Å². The SMILES string of the molecule is Cc1ccc(NC(=S)N2CCC(N(C)[C@H]3CCCC[C@@H]3C)CC2)c(C)c1. The van der Waals surface area contributed by atoms with E-state index >= 15 is 0 Å². The van der Waals surface area contributed by atoms with Crippen molar-refractivity contribution in [3.05, 3.63) is 29.3 Å². The Hall–Kier alpha value is -1.13. The van der Waals surface area contributed by atoms with Gasteiger partial charge < -0.3 is 15.1 Å². The Morgan fingerprint density at radius 3 is 2.46 bits per heavy atom. The van der Waals surface area contributed by atoms with Crippen LogP contribution in [0.25, 0.3) is 0 Å². The predicted octanol–water partition coefficient (Wildman–Crippen LogP) is 4.98. The average Bonchev–Trinajstić information content (AvgIpc) is 2.64. The first kappa shape index (κ1) is 19.6. The van der Waals surface area contributed by atoms with Crippen LogP contribution < -0.4 is 5.32 Å². The first-order valence-electron chi connectivity index (χ1n) is 10.3. The van der Waals surface area contributed by atoms with Crippen LogP contribution in [0.4, 0.5) is 5.69 Å². The third kappa shape index (κ3) is 4.58. The fourth-order valence-corrected chi connectivity index (χ4v) is 5.09. The number of anilines is 1. The Bertz CT molecular complexity index is 622. The lowest BCUT2D eigenvalue weighted by molar-refractivity contribution is 0.0691. The van der Waals surface area contributed by atoms with E-state index in [1.807, 2.05) is 0 Å². The molecular formula is C22H35N3S. The normalized spacial score (nSPS) is 24.7. The molecule has 26 heavy (non-hydrogen) atoms. The summed E-state index contributed by atoms with van der Waals surface area (Å²) in [6.07, 6.45) is 8.04. The van der Waals surface area contributed by atoms with E-state index in [0.717, 1.165) is 35.8 Å². The Balaban J connectivity index is 1.52.